The molecule has 2 N–H and O–H groups in total. The zero-order valence-corrected chi connectivity index (χ0v) is 17.7. The van der Waals surface area contributed by atoms with Crippen molar-refractivity contribution in [3.8, 4) is 5.69 Å². The van der Waals surface area contributed by atoms with Crippen molar-refractivity contribution in [3.05, 3.63) is 63.9 Å². The lowest BCUT2D eigenvalue weighted by Gasteiger charge is -2.20. The molecule has 14 heteroatoms. The molecule has 0 saturated heterocycles. The smallest absolute Gasteiger partial charge is 0.361 e. The molecule has 6 nitrogen and oxygen atoms in total. The van der Waals surface area contributed by atoms with E-state index in [1.165, 1.54) is 0 Å². The summed E-state index contributed by atoms with van der Waals surface area (Å²) < 4.78 is 106. The number of carbonyl (C=O) groups is 1. The number of anilines is 1. The van der Waals surface area contributed by atoms with Gasteiger partial charge >= 0.3 is 12.4 Å². The Labute approximate surface area is 191 Å². The summed E-state index contributed by atoms with van der Waals surface area (Å²) in [7, 11) is 0. The van der Waals surface area contributed by atoms with Crippen molar-refractivity contribution in [3.63, 3.8) is 0 Å². The number of aromatic nitrogens is 2. The predicted molar refractivity (Wildman–Crippen MR) is 109 cm³/mol. The summed E-state index contributed by atoms with van der Waals surface area (Å²) >= 11 is 0. The summed E-state index contributed by atoms with van der Waals surface area (Å²) in [6.45, 7) is -0.332. The second-order valence-electron chi connectivity index (χ2n) is 7.35. The molecule has 0 spiro atoms. The van der Waals surface area contributed by atoms with Gasteiger partial charge < -0.3 is 10.6 Å². The quantitative estimate of drug-likeness (QED) is 0.473. The number of amides is 1. The van der Waals surface area contributed by atoms with E-state index in [0.29, 0.717) is 12.3 Å². The van der Waals surface area contributed by atoms with E-state index in [1.807, 2.05) is 5.32 Å². The molecule has 2 aromatic heterocycles. The van der Waals surface area contributed by atoms with Gasteiger partial charge in [0.15, 0.2) is 5.65 Å². The minimum absolute atomic E-state index is 0.370. The highest BCUT2D eigenvalue weighted by molar-refractivity contribution is 5.97. The van der Waals surface area contributed by atoms with E-state index in [1.54, 1.807) is 5.32 Å². The molecule has 2 heterocycles. The summed E-state index contributed by atoms with van der Waals surface area (Å²) in [4.78, 5) is 29.4. The lowest BCUT2D eigenvalue weighted by molar-refractivity contribution is -0.153. The standard InChI is InChI=1S/C21H16F8N4O2/c1-2-15(21(27,28)29)31-19(35)12-8-33(14-5-3-10(22)7-13(14)23)18-11(17(12)34)4-6-16(32-18)30-9-20(24,25)26/h3-8,15H,2,9H2,1H3,(H,30,32)(H,31,35). The predicted octanol–water partition coefficient (Wildman–Crippen LogP) is 4.71. The summed E-state index contributed by atoms with van der Waals surface area (Å²) in [5.41, 5.74) is -2.80. The first-order valence-corrected chi connectivity index (χ1v) is 9.91. The van der Waals surface area contributed by atoms with Crippen molar-refractivity contribution < 1.29 is 39.9 Å². The van der Waals surface area contributed by atoms with Gasteiger partial charge in [-0.3, -0.25) is 14.2 Å². The van der Waals surface area contributed by atoms with E-state index < -0.39 is 76.6 Å². The Hall–Kier alpha value is -3.71. The van der Waals surface area contributed by atoms with Crippen molar-refractivity contribution in [2.24, 2.45) is 0 Å². The van der Waals surface area contributed by atoms with Crippen LogP contribution in [0.3, 0.4) is 0 Å². The second kappa shape index (κ2) is 9.50. The molecule has 1 amide bonds. The molecule has 188 valence electrons. The summed E-state index contributed by atoms with van der Waals surface area (Å²) in [5, 5.41) is 3.26. The fraction of sp³-hybridized carbons (Fsp3) is 0.286. The Balaban J connectivity index is 2.21. The molecular formula is C21H16F8N4O2. The topological polar surface area (TPSA) is 76.0 Å². The number of pyridine rings is 2. The van der Waals surface area contributed by atoms with Crippen molar-refractivity contribution >= 4 is 22.8 Å². The minimum atomic E-state index is -4.82. The van der Waals surface area contributed by atoms with Gasteiger partial charge in [-0.15, -0.1) is 0 Å². The third-order valence-electron chi connectivity index (χ3n) is 4.84. The second-order valence-corrected chi connectivity index (χ2v) is 7.35. The van der Waals surface area contributed by atoms with Gasteiger partial charge in [-0.05, 0) is 30.7 Å². The van der Waals surface area contributed by atoms with Gasteiger partial charge in [0.05, 0.1) is 11.1 Å². The van der Waals surface area contributed by atoms with Gasteiger partial charge in [-0.25, -0.2) is 13.8 Å². The zero-order chi connectivity index (χ0) is 26.1. The van der Waals surface area contributed by atoms with Gasteiger partial charge in [0.2, 0.25) is 5.43 Å². The van der Waals surface area contributed by atoms with Crippen LogP contribution >= 0.6 is 0 Å². The van der Waals surface area contributed by atoms with Crippen molar-refractivity contribution in [1.29, 1.82) is 0 Å². The van der Waals surface area contributed by atoms with Crippen molar-refractivity contribution in [2.45, 2.75) is 31.7 Å². The van der Waals surface area contributed by atoms with Gasteiger partial charge in [-0.1, -0.05) is 6.92 Å². The Bertz CT molecular complexity index is 1320. The van der Waals surface area contributed by atoms with Crippen LogP contribution in [0.5, 0.6) is 0 Å². The summed E-state index contributed by atoms with van der Waals surface area (Å²) in [5.74, 6) is -3.97. The van der Waals surface area contributed by atoms with Gasteiger partial charge in [0.25, 0.3) is 5.91 Å². The lowest BCUT2D eigenvalue weighted by Crippen LogP contribution is -2.46. The van der Waals surface area contributed by atoms with Crippen LogP contribution in [-0.2, 0) is 0 Å². The van der Waals surface area contributed by atoms with Crippen LogP contribution in [0.2, 0.25) is 0 Å². The molecule has 3 aromatic rings. The molecule has 0 aliphatic rings. The van der Waals surface area contributed by atoms with Crippen LogP contribution in [0, 0.1) is 11.6 Å². The molecule has 1 atom stereocenters. The molecule has 35 heavy (non-hydrogen) atoms. The Kier molecular flexibility index (Phi) is 7.03. The number of halogens is 8. The Morgan fingerprint density at radius 3 is 2.34 bits per heavy atom. The highest BCUT2D eigenvalue weighted by Crippen LogP contribution is 2.24. The fourth-order valence-corrected chi connectivity index (χ4v) is 3.17. The highest BCUT2D eigenvalue weighted by atomic mass is 19.4. The SMILES string of the molecule is CCC(NC(=O)c1cn(-c2ccc(F)cc2F)c2nc(NCC(F)(F)F)ccc2c1=O)C(F)(F)F. The molecule has 0 radical (unpaired) electrons. The van der Waals surface area contributed by atoms with E-state index in [-0.39, 0.29) is 5.82 Å². The maximum atomic E-state index is 14.5. The van der Waals surface area contributed by atoms with Crippen LogP contribution in [0.4, 0.5) is 40.9 Å². The highest BCUT2D eigenvalue weighted by Gasteiger charge is 2.39. The van der Waals surface area contributed by atoms with E-state index >= 15 is 0 Å². The van der Waals surface area contributed by atoms with Gasteiger partial charge in [0.1, 0.15) is 35.6 Å². The number of alkyl halides is 6. The maximum Gasteiger partial charge on any atom is 0.408 e. The number of nitrogens with one attached hydrogen (secondary N) is 2. The van der Waals surface area contributed by atoms with Crippen molar-refractivity contribution in [2.75, 3.05) is 11.9 Å². The number of hydrogen-bond donors (Lipinski definition) is 2. The van der Waals surface area contributed by atoms with E-state index in [2.05, 4.69) is 4.98 Å². The van der Waals surface area contributed by atoms with Crippen LogP contribution in [-0.4, -0.2) is 40.4 Å². The lowest BCUT2D eigenvalue weighted by atomic mass is 10.1. The summed E-state index contributed by atoms with van der Waals surface area (Å²) in [6.07, 6.45) is -9.28. The first kappa shape index (κ1) is 25.9. The average molecular weight is 508 g/mol. The van der Waals surface area contributed by atoms with Crippen LogP contribution in [0.25, 0.3) is 16.7 Å². The van der Waals surface area contributed by atoms with Gasteiger partial charge in [-0.2, -0.15) is 26.3 Å². The van der Waals surface area contributed by atoms with E-state index in [0.717, 1.165) is 35.8 Å². The van der Waals surface area contributed by atoms with Crippen LogP contribution in [0.1, 0.15) is 23.7 Å². The average Bonchev–Trinajstić information content (AvgIpc) is 2.75. The number of hydrogen-bond acceptors (Lipinski definition) is 4. The number of nitrogens with zero attached hydrogens (tertiary/aromatic N) is 2. The third kappa shape index (κ3) is 5.87. The summed E-state index contributed by atoms with van der Waals surface area (Å²) in [6, 6.07) is 1.87. The minimum Gasteiger partial charge on any atom is -0.361 e. The molecule has 0 aliphatic carbocycles. The largest absolute Gasteiger partial charge is 0.408 e. The Morgan fingerprint density at radius 1 is 1.09 bits per heavy atom. The molecule has 3 rings (SSSR count). The molecular weight excluding hydrogens is 492 g/mol. The van der Waals surface area contributed by atoms with Crippen LogP contribution < -0.4 is 16.1 Å². The fourth-order valence-electron chi connectivity index (χ4n) is 3.17. The van der Waals surface area contributed by atoms with E-state index in [4.69, 9.17) is 0 Å². The Morgan fingerprint density at radius 2 is 1.77 bits per heavy atom. The zero-order valence-electron chi connectivity index (χ0n) is 17.7. The van der Waals surface area contributed by atoms with Gasteiger partial charge in [0, 0.05) is 12.3 Å². The maximum absolute atomic E-state index is 14.5. The molecule has 0 bridgehead atoms. The van der Waals surface area contributed by atoms with E-state index in [9.17, 15) is 44.7 Å². The molecule has 0 fully saturated rings. The van der Waals surface area contributed by atoms with Crippen molar-refractivity contribution in [1.82, 2.24) is 14.9 Å². The number of carbonyl (C=O) groups excluding carboxylic acids is 1. The number of fused-ring (bicyclic) bond motifs is 1. The molecule has 0 saturated carbocycles. The molecule has 1 unspecified atom stereocenters. The number of rotatable bonds is 6. The first-order chi connectivity index (χ1) is 16.2. The normalized spacial score (nSPS) is 13.1. The first-order valence-electron chi connectivity index (χ1n) is 9.91. The number of benzene rings is 1. The molecule has 0 aliphatic heterocycles. The third-order valence-corrected chi connectivity index (χ3v) is 4.84. The molecule has 1 aromatic carbocycles. The van der Waals surface area contributed by atoms with Crippen LogP contribution in [0.15, 0.2) is 41.3 Å². The monoisotopic (exact) mass is 508 g/mol.